The highest BCUT2D eigenvalue weighted by molar-refractivity contribution is 5.73. The van der Waals surface area contributed by atoms with E-state index in [2.05, 4.69) is 10.1 Å². The summed E-state index contributed by atoms with van der Waals surface area (Å²) >= 11 is 0. The van der Waals surface area contributed by atoms with E-state index >= 15 is 0 Å². The van der Waals surface area contributed by atoms with Crippen LogP contribution in [0.25, 0.3) is 22.4 Å². The summed E-state index contributed by atoms with van der Waals surface area (Å²) in [6.45, 7) is -2.76. The number of rotatable bonds is 3. The molecule has 0 amide bonds. The Morgan fingerprint density at radius 2 is 1.83 bits per heavy atom. The summed E-state index contributed by atoms with van der Waals surface area (Å²) in [7, 11) is 0. The highest BCUT2D eigenvalue weighted by atomic mass is 19.3. The van der Waals surface area contributed by atoms with Crippen molar-refractivity contribution in [3.63, 3.8) is 0 Å². The van der Waals surface area contributed by atoms with Crippen LogP contribution in [-0.4, -0.2) is 14.8 Å². The Morgan fingerprint density at radius 3 is 2.43 bits per heavy atom. The van der Waals surface area contributed by atoms with Crippen LogP contribution in [0, 0.1) is 17.1 Å². The molecule has 4 nitrogen and oxygen atoms in total. The zero-order chi connectivity index (χ0) is 16.4. The normalized spacial score (nSPS) is 10.7. The lowest BCUT2D eigenvalue weighted by atomic mass is 10.0. The van der Waals surface area contributed by atoms with Crippen LogP contribution in [0.3, 0.4) is 0 Å². The molecule has 0 fully saturated rings. The number of halogens is 3. The predicted molar refractivity (Wildman–Crippen MR) is 76.8 cm³/mol. The quantitative estimate of drug-likeness (QED) is 0.734. The third-order valence-electron chi connectivity index (χ3n) is 3.26. The maximum atomic E-state index is 13.0. The maximum Gasteiger partial charge on any atom is 0.333 e. The SMILES string of the molecule is N#Cc1ncc(-c2ccc(F)cc2)cc1-c1ccn(C(F)F)n1. The highest BCUT2D eigenvalue weighted by Gasteiger charge is 2.14. The number of alkyl halides is 2. The Bertz CT molecular complexity index is 879. The van der Waals surface area contributed by atoms with Gasteiger partial charge in [-0.15, -0.1) is 0 Å². The molecule has 7 heteroatoms. The number of aromatic nitrogens is 3. The molecule has 3 rings (SSSR count). The molecule has 114 valence electrons. The third kappa shape index (κ3) is 2.92. The third-order valence-corrected chi connectivity index (χ3v) is 3.26. The van der Waals surface area contributed by atoms with E-state index in [1.165, 1.54) is 24.4 Å². The summed E-state index contributed by atoms with van der Waals surface area (Å²) in [4.78, 5) is 4.03. The fourth-order valence-corrected chi connectivity index (χ4v) is 2.14. The van der Waals surface area contributed by atoms with Gasteiger partial charge in [0, 0.05) is 23.5 Å². The molecule has 0 saturated carbocycles. The van der Waals surface area contributed by atoms with Gasteiger partial charge in [-0.2, -0.15) is 19.1 Å². The average molecular weight is 314 g/mol. The van der Waals surface area contributed by atoms with Gasteiger partial charge in [-0.3, -0.25) is 0 Å². The average Bonchev–Trinajstić information content (AvgIpc) is 3.05. The van der Waals surface area contributed by atoms with Crippen molar-refractivity contribution in [1.29, 1.82) is 5.26 Å². The smallest absolute Gasteiger partial charge is 0.244 e. The molecular weight excluding hydrogens is 305 g/mol. The van der Waals surface area contributed by atoms with Crippen LogP contribution in [0.15, 0.2) is 48.8 Å². The van der Waals surface area contributed by atoms with E-state index in [0.29, 0.717) is 21.4 Å². The van der Waals surface area contributed by atoms with Gasteiger partial charge in [0.1, 0.15) is 17.6 Å². The molecule has 23 heavy (non-hydrogen) atoms. The van der Waals surface area contributed by atoms with Gasteiger partial charge in [-0.25, -0.2) is 14.1 Å². The number of pyridine rings is 1. The molecule has 1 aromatic carbocycles. The summed E-state index contributed by atoms with van der Waals surface area (Å²) in [6.07, 6.45) is 2.60. The van der Waals surface area contributed by atoms with Gasteiger partial charge in [0.05, 0.1) is 5.69 Å². The first-order valence-corrected chi connectivity index (χ1v) is 6.58. The molecule has 0 radical (unpaired) electrons. The Labute approximate surface area is 129 Å². The van der Waals surface area contributed by atoms with Gasteiger partial charge in [0.15, 0.2) is 0 Å². The number of nitriles is 1. The standard InChI is InChI=1S/C16H9F3N4/c17-12-3-1-10(2-4-12)11-7-13(15(8-20)21-9-11)14-5-6-23(22-14)16(18)19/h1-7,9,16H. The minimum atomic E-state index is -2.76. The van der Waals surface area contributed by atoms with Crippen molar-refractivity contribution < 1.29 is 13.2 Å². The summed E-state index contributed by atoms with van der Waals surface area (Å²) in [6, 6.07) is 10.7. The number of hydrogen-bond acceptors (Lipinski definition) is 3. The molecule has 0 aliphatic rings. The van der Waals surface area contributed by atoms with Crippen LogP contribution in [0.2, 0.25) is 0 Å². The van der Waals surface area contributed by atoms with Crippen molar-refractivity contribution in [2.45, 2.75) is 6.55 Å². The first-order valence-electron chi connectivity index (χ1n) is 6.58. The summed E-state index contributed by atoms with van der Waals surface area (Å²) in [5.74, 6) is -0.369. The molecule has 0 saturated heterocycles. The van der Waals surface area contributed by atoms with Gasteiger partial charge in [-0.1, -0.05) is 12.1 Å². The van der Waals surface area contributed by atoms with Crippen molar-refractivity contribution in [3.8, 4) is 28.5 Å². The zero-order valence-corrected chi connectivity index (χ0v) is 11.6. The lowest BCUT2D eigenvalue weighted by molar-refractivity contribution is 0.0568. The van der Waals surface area contributed by atoms with Crippen molar-refractivity contribution in [2.75, 3.05) is 0 Å². The van der Waals surface area contributed by atoms with Crippen molar-refractivity contribution in [1.82, 2.24) is 14.8 Å². The number of nitrogens with zero attached hydrogens (tertiary/aromatic N) is 4. The van der Waals surface area contributed by atoms with Crippen LogP contribution in [-0.2, 0) is 0 Å². The molecule has 0 spiro atoms. The largest absolute Gasteiger partial charge is 0.333 e. The highest BCUT2D eigenvalue weighted by Crippen LogP contribution is 2.27. The van der Waals surface area contributed by atoms with E-state index in [9.17, 15) is 13.2 Å². The summed E-state index contributed by atoms with van der Waals surface area (Å²) in [5.41, 5.74) is 1.96. The molecule has 2 heterocycles. The molecule has 0 bridgehead atoms. The van der Waals surface area contributed by atoms with Crippen LogP contribution in [0.5, 0.6) is 0 Å². The molecule has 0 N–H and O–H groups in total. The number of hydrogen-bond donors (Lipinski definition) is 0. The minimum absolute atomic E-state index is 0.0791. The van der Waals surface area contributed by atoms with Crippen LogP contribution in [0.4, 0.5) is 13.2 Å². The number of benzene rings is 1. The maximum absolute atomic E-state index is 13.0. The topological polar surface area (TPSA) is 54.5 Å². The second kappa shape index (κ2) is 5.93. The second-order valence-corrected chi connectivity index (χ2v) is 4.70. The van der Waals surface area contributed by atoms with Gasteiger partial charge in [-0.05, 0) is 29.8 Å². The van der Waals surface area contributed by atoms with Gasteiger partial charge < -0.3 is 0 Å². The molecular formula is C16H9F3N4. The van der Waals surface area contributed by atoms with E-state index in [4.69, 9.17) is 5.26 Å². The Hall–Kier alpha value is -3.14. The molecule has 3 aromatic rings. The lowest BCUT2D eigenvalue weighted by Gasteiger charge is -2.05. The Balaban J connectivity index is 2.09. The first kappa shape index (κ1) is 14.8. The Kier molecular flexibility index (Phi) is 3.81. The van der Waals surface area contributed by atoms with Crippen molar-refractivity contribution in [3.05, 3.63) is 60.3 Å². The molecule has 0 atom stereocenters. The van der Waals surface area contributed by atoms with Gasteiger partial charge in [0.2, 0.25) is 0 Å². The van der Waals surface area contributed by atoms with Crippen LogP contribution < -0.4 is 0 Å². The first-order chi connectivity index (χ1) is 11.1. The minimum Gasteiger partial charge on any atom is -0.244 e. The van der Waals surface area contributed by atoms with E-state index in [1.807, 2.05) is 6.07 Å². The van der Waals surface area contributed by atoms with Gasteiger partial charge >= 0.3 is 6.55 Å². The lowest BCUT2D eigenvalue weighted by Crippen LogP contribution is -1.99. The predicted octanol–water partition coefficient (Wildman–Crippen LogP) is 4.02. The van der Waals surface area contributed by atoms with E-state index in [-0.39, 0.29) is 17.2 Å². The van der Waals surface area contributed by atoms with Crippen LogP contribution >= 0.6 is 0 Å². The molecule has 2 aromatic heterocycles. The Morgan fingerprint density at radius 1 is 1.09 bits per heavy atom. The summed E-state index contributed by atoms with van der Waals surface area (Å²) in [5, 5.41) is 12.9. The van der Waals surface area contributed by atoms with E-state index in [0.717, 1.165) is 6.20 Å². The molecule has 0 unspecified atom stereocenters. The zero-order valence-electron chi connectivity index (χ0n) is 11.6. The summed E-state index contributed by atoms with van der Waals surface area (Å²) < 4.78 is 38.8. The molecule has 0 aliphatic heterocycles. The van der Waals surface area contributed by atoms with Gasteiger partial charge in [0.25, 0.3) is 0 Å². The van der Waals surface area contributed by atoms with Crippen molar-refractivity contribution >= 4 is 0 Å². The fraction of sp³-hybridized carbons (Fsp3) is 0.0625. The monoisotopic (exact) mass is 314 g/mol. The fourth-order valence-electron chi connectivity index (χ4n) is 2.14. The van der Waals surface area contributed by atoms with Crippen LogP contribution in [0.1, 0.15) is 12.2 Å². The van der Waals surface area contributed by atoms with Crippen molar-refractivity contribution in [2.24, 2.45) is 0 Å². The second-order valence-electron chi connectivity index (χ2n) is 4.70. The van der Waals surface area contributed by atoms with E-state index in [1.54, 1.807) is 18.2 Å². The molecule has 0 aliphatic carbocycles. The van der Waals surface area contributed by atoms with E-state index < -0.39 is 6.55 Å².